The summed E-state index contributed by atoms with van der Waals surface area (Å²) in [5.74, 6) is 0.650. The maximum absolute atomic E-state index is 14.0. The lowest BCUT2D eigenvalue weighted by Gasteiger charge is -2.29. The van der Waals surface area contributed by atoms with Crippen LogP contribution in [-0.2, 0) is 17.8 Å². The van der Waals surface area contributed by atoms with Gasteiger partial charge in [-0.3, -0.25) is 0 Å². The van der Waals surface area contributed by atoms with Crippen molar-refractivity contribution >= 4 is 0 Å². The lowest BCUT2D eigenvalue weighted by atomic mass is 9.80. The SMILES string of the molecule is CC=CC1CCC(CC(F)(F)OCc2ccc(CC)cc2)CC1. The third-order valence-corrected chi connectivity index (χ3v) is 4.76. The predicted octanol–water partition coefficient (Wildman–Crippen LogP) is 6.13. The zero-order valence-corrected chi connectivity index (χ0v) is 14.2. The molecule has 1 fully saturated rings. The van der Waals surface area contributed by atoms with Crippen LogP contribution in [0, 0.1) is 11.8 Å². The van der Waals surface area contributed by atoms with Gasteiger partial charge in [-0.2, -0.15) is 8.78 Å². The fourth-order valence-electron chi connectivity index (χ4n) is 3.31. The first-order valence-corrected chi connectivity index (χ1v) is 8.75. The largest absolute Gasteiger partial charge is 0.356 e. The molecule has 0 bridgehead atoms. The van der Waals surface area contributed by atoms with Crippen LogP contribution in [0.5, 0.6) is 0 Å². The van der Waals surface area contributed by atoms with Gasteiger partial charge in [0.15, 0.2) is 0 Å². The molecule has 1 aliphatic rings. The van der Waals surface area contributed by atoms with E-state index in [1.807, 2.05) is 31.2 Å². The highest BCUT2D eigenvalue weighted by Gasteiger charge is 2.35. The van der Waals surface area contributed by atoms with E-state index in [-0.39, 0.29) is 18.9 Å². The van der Waals surface area contributed by atoms with Crippen LogP contribution in [0.4, 0.5) is 8.78 Å². The number of ether oxygens (including phenoxy) is 1. The summed E-state index contributed by atoms with van der Waals surface area (Å²) in [5.41, 5.74) is 2.01. The quantitative estimate of drug-likeness (QED) is 0.549. The third-order valence-electron chi connectivity index (χ3n) is 4.76. The van der Waals surface area contributed by atoms with Crippen molar-refractivity contribution in [1.82, 2.24) is 0 Å². The second-order valence-corrected chi connectivity index (χ2v) is 6.61. The molecular formula is C20H28F2O. The summed E-state index contributed by atoms with van der Waals surface area (Å²) >= 11 is 0. The lowest BCUT2D eigenvalue weighted by molar-refractivity contribution is -0.256. The zero-order chi connectivity index (χ0) is 16.7. The molecule has 0 aromatic heterocycles. The molecule has 1 aliphatic carbocycles. The summed E-state index contributed by atoms with van der Waals surface area (Å²) in [4.78, 5) is 0. The topological polar surface area (TPSA) is 9.23 Å². The van der Waals surface area contributed by atoms with Crippen LogP contribution in [0.25, 0.3) is 0 Å². The zero-order valence-electron chi connectivity index (χ0n) is 14.2. The minimum Gasteiger partial charge on any atom is -0.316 e. The smallest absolute Gasteiger partial charge is 0.316 e. The summed E-state index contributed by atoms with van der Waals surface area (Å²) in [5, 5.41) is 0. The Kier molecular flexibility index (Phi) is 6.76. The minimum atomic E-state index is -3.03. The van der Waals surface area contributed by atoms with Crippen LogP contribution in [-0.4, -0.2) is 6.11 Å². The molecule has 3 heteroatoms. The molecule has 23 heavy (non-hydrogen) atoms. The highest BCUT2D eigenvalue weighted by molar-refractivity contribution is 5.21. The van der Waals surface area contributed by atoms with Crippen LogP contribution in [0.2, 0.25) is 0 Å². The van der Waals surface area contributed by atoms with E-state index >= 15 is 0 Å². The standard InChI is InChI=1S/C20H28F2O/c1-3-5-17-8-10-18(11-9-17)14-20(21,22)23-15-19-12-6-16(4-2)7-13-19/h3,5-7,12-13,17-18H,4,8-11,14-15H2,1-2H3. The van der Waals surface area contributed by atoms with Gasteiger partial charge in [0, 0.05) is 6.42 Å². The predicted molar refractivity (Wildman–Crippen MR) is 90.4 cm³/mol. The number of rotatable bonds is 7. The second kappa shape index (κ2) is 8.58. The Hall–Kier alpha value is -1.22. The van der Waals surface area contributed by atoms with Crippen molar-refractivity contribution in [2.75, 3.05) is 0 Å². The molecule has 1 nitrogen and oxygen atoms in total. The second-order valence-electron chi connectivity index (χ2n) is 6.61. The number of alkyl halides is 2. The molecule has 1 aromatic rings. The summed E-state index contributed by atoms with van der Waals surface area (Å²) in [6.07, 6.45) is 5.82. The Bertz CT molecular complexity index is 485. The first-order chi connectivity index (χ1) is 11.0. The van der Waals surface area contributed by atoms with Gasteiger partial charge in [0.1, 0.15) is 0 Å². The van der Waals surface area contributed by atoms with Gasteiger partial charge < -0.3 is 4.74 Å². The third kappa shape index (κ3) is 6.06. The summed E-state index contributed by atoms with van der Waals surface area (Å²) < 4.78 is 33.0. The highest BCUT2D eigenvalue weighted by Crippen LogP contribution is 2.37. The van der Waals surface area contributed by atoms with E-state index in [0.717, 1.165) is 37.7 Å². The molecule has 128 valence electrons. The van der Waals surface area contributed by atoms with E-state index in [4.69, 9.17) is 4.74 Å². The Labute approximate surface area is 138 Å². The van der Waals surface area contributed by atoms with Crippen molar-refractivity contribution in [2.24, 2.45) is 11.8 Å². The molecule has 0 amide bonds. The van der Waals surface area contributed by atoms with Crippen LogP contribution in [0.15, 0.2) is 36.4 Å². The average molecular weight is 322 g/mol. The molecule has 0 saturated heterocycles. The highest BCUT2D eigenvalue weighted by atomic mass is 19.3. The summed E-state index contributed by atoms with van der Waals surface area (Å²) in [6, 6.07) is 7.69. The van der Waals surface area contributed by atoms with E-state index in [0.29, 0.717) is 5.92 Å². The number of allylic oxidation sites excluding steroid dienone is 2. The maximum atomic E-state index is 14.0. The van der Waals surface area contributed by atoms with Crippen molar-refractivity contribution < 1.29 is 13.5 Å². The van der Waals surface area contributed by atoms with Crippen LogP contribution in [0.3, 0.4) is 0 Å². The molecule has 1 saturated carbocycles. The molecule has 2 rings (SSSR count). The maximum Gasteiger partial charge on any atom is 0.356 e. The van der Waals surface area contributed by atoms with Crippen LogP contribution >= 0.6 is 0 Å². The van der Waals surface area contributed by atoms with Gasteiger partial charge in [0.05, 0.1) is 6.61 Å². The Morgan fingerprint density at radius 1 is 1.09 bits per heavy atom. The van der Waals surface area contributed by atoms with E-state index < -0.39 is 6.11 Å². The molecule has 0 N–H and O–H groups in total. The van der Waals surface area contributed by atoms with Crippen molar-refractivity contribution in [1.29, 1.82) is 0 Å². The summed E-state index contributed by atoms with van der Waals surface area (Å²) in [7, 11) is 0. The van der Waals surface area contributed by atoms with Crippen molar-refractivity contribution in [3.05, 3.63) is 47.5 Å². The molecule has 0 spiro atoms. The molecule has 0 radical (unpaired) electrons. The van der Waals surface area contributed by atoms with Gasteiger partial charge in [-0.05, 0) is 62.0 Å². The molecular weight excluding hydrogens is 294 g/mol. The van der Waals surface area contributed by atoms with E-state index in [9.17, 15) is 8.78 Å². The monoisotopic (exact) mass is 322 g/mol. The molecule has 0 heterocycles. The first kappa shape index (κ1) is 18.1. The van der Waals surface area contributed by atoms with Gasteiger partial charge in [-0.1, -0.05) is 43.3 Å². The van der Waals surface area contributed by atoms with Gasteiger partial charge in [0.2, 0.25) is 0 Å². The van der Waals surface area contributed by atoms with Gasteiger partial charge in [-0.15, -0.1) is 0 Å². The Morgan fingerprint density at radius 2 is 1.70 bits per heavy atom. The van der Waals surface area contributed by atoms with Crippen molar-refractivity contribution in [2.45, 2.75) is 65.1 Å². The van der Waals surface area contributed by atoms with E-state index in [2.05, 4.69) is 19.1 Å². The van der Waals surface area contributed by atoms with Gasteiger partial charge >= 0.3 is 6.11 Å². The first-order valence-electron chi connectivity index (χ1n) is 8.75. The fraction of sp³-hybridized carbons (Fsp3) is 0.600. The molecule has 0 unspecified atom stereocenters. The normalized spacial score (nSPS) is 22.6. The summed E-state index contributed by atoms with van der Waals surface area (Å²) in [6.45, 7) is 4.07. The number of benzene rings is 1. The number of hydrogen-bond acceptors (Lipinski definition) is 1. The molecule has 0 atom stereocenters. The number of hydrogen-bond donors (Lipinski definition) is 0. The van der Waals surface area contributed by atoms with Gasteiger partial charge in [-0.25, -0.2) is 0 Å². The van der Waals surface area contributed by atoms with Crippen LogP contribution in [0.1, 0.15) is 57.1 Å². The lowest BCUT2D eigenvalue weighted by Crippen LogP contribution is -2.26. The number of halogens is 2. The fourth-order valence-corrected chi connectivity index (χ4v) is 3.31. The Morgan fingerprint density at radius 3 is 2.26 bits per heavy atom. The van der Waals surface area contributed by atoms with E-state index in [1.54, 1.807) is 0 Å². The van der Waals surface area contributed by atoms with E-state index in [1.165, 1.54) is 5.56 Å². The molecule has 1 aromatic carbocycles. The van der Waals surface area contributed by atoms with Crippen molar-refractivity contribution in [3.8, 4) is 0 Å². The number of aryl methyl sites for hydroxylation is 1. The minimum absolute atomic E-state index is 0.0229. The van der Waals surface area contributed by atoms with Crippen molar-refractivity contribution in [3.63, 3.8) is 0 Å². The Balaban J connectivity index is 1.77. The van der Waals surface area contributed by atoms with Gasteiger partial charge in [0.25, 0.3) is 0 Å². The van der Waals surface area contributed by atoms with Crippen LogP contribution < -0.4 is 0 Å². The average Bonchev–Trinajstić information content (AvgIpc) is 2.55. The molecule has 0 aliphatic heterocycles.